The zero-order valence-corrected chi connectivity index (χ0v) is 16.7. The number of likely N-dealkylation sites (N-methyl/N-ethyl adjacent to an activating group) is 1. The van der Waals surface area contributed by atoms with E-state index in [1.165, 1.54) is 19.1 Å². The number of anilines is 1. The van der Waals surface area contributed by atoms with Crippen molar-refractivity contribution in [3.8, 4) is 5.75 Å². The summed E-state index contributed by atoms with van der Waals surface area (Å²) >= 11 is 0. The Hall–Kier alpha value is -3.22. The maximum absolute atomic E-state index is 12.4. The largest absolute Gasteiger partial charge is 0.495 e. The van der Waals surface area contributed by atoms with Crippen molar-refractivity contribution in [3.05, 3.63) is 36.4 Å². The van der Waals surface area contributed by atoms with E-state index in [4.69, 9.17) is 13.9 Å². The summed E-state index contributed by atoms with van der Waals surface area (Å²) < 4.78 is 16.5. The summed E-state index contributed by atoms with van der Waals surface area (Å²) in [5, 5.41) is 4.64. The maximum atomic E-state index is 12.4. The number of nitrogens with zero attached hydrogens (tertiary/aromatic N) is 1. The molecule has 0 aliphatic carbocycles. The van der Waals surface area contributed by atoms with Crippen molar-refractivity contribution in [1.82, 2.24) is 4.90 Å². The Bertz CT molecular complexity index is 1030. The van der Waals surface area contributed by atoms with Crippen molar-refractivity contribution < 1.29 is 23.5 Å². The third-order valence-corrected chi connectivity index (χ3v) is 4.06. The van der Waals surface area contributed by atoms with E-state index < -0.39 is 11.7 Å². The molecular weight excluding hydrogens is 360 g/mol. The number of methoxy groups -OCH3 is 1. The SMILES string of the molecule is COc1cc2c(cc1NC(=O)CN(C)C(=O)OC(C)(C)C)oc1ccccc12. The highest BCUT2D eigenvalue weighted by Crippen LogP contribution is 2.36. The van der Waals surface area contributed by atoms with Crippen LogP contribution in [0.5, 0.6) is 5.75 Å². The lowest BCUT2D eigenvalue weighted by molar-refractivity contribution is -0.117. The molecule has 3 aromatic rings. The smallest absolute Gasteiger partial charge is 0.410 e. The van der Waals surface area contributed by atoms with Gasteiger partial charge in [0.05, 0.1) is 12.8 Å². The van der Waals surface area contributed by atoms with Gasteiger partial charge in [0.2, 0.25) is 5.91 Å². The minimum atomic E-state index is -0.628. The molecule has 28 heavy (non-hydrogen) atoms. The molecule has 0 unspecified atom stereocenters. The lowest BCUT2D eigenvalue weighted by atomic mass is 10.1. The molecule has 0 aliphatic heterocycles. The van der Waals surface area contributed by atoms with Gasteiger partial charge in [-0.15, -0.1) is 0 Å². The molecule has 0 radical (unpaired) electrons. The summed E-state index contributed by atoms with van der Waals surface area (Å²) in [5.41, 5.74) is 1.24. The van der Waals surface area contributed by atoms with Crippen LogP contribution in [0, 0.1) is 0 Å². The molecule has 0 atom stereocenters. The standard InChI is InChI=1S/C21H24N2O5/c1-21(2,3)28-20(25)23(4)12-19(24)22-15-11-17-14(10-18(15)26-5)13-8-6-7-9-16(13)27-17/h6-11H,12H2,1-5H3,(H,22,24). The fourth-order valence-electron chi connectivity index (χ4n) is 2.83. The van der Waals surface area contributed by atoms with Crippen LogP contribution in [0.4, 0.5) is 10.5 Å². The van der Waals surface area contributed by atoms with Crippen LogP contribution in [-0.2, 0) is 9.53 Å². The van der Waals surface area contributed by atoms with Crippen LogP contribution in [0.1, 0.15) is 20.8 Å². The van der Waals surface area contributed by atoms with Gasteiger partial charge in [-0.2, -0.15) is 0 Å². The van der Waals surface area contributed by atoms with Gasteiger partial charge in [0.15, 0.2) is 0 Å². The van der Waals surface area contributed by atoms with Crippen molar-refractivity contribution >= 4 is 39.6 Å². The van der Waals surface area contributed by atoms with Gasteiger partial charge in [-0.1, -0.05) is 18.2 Å². The van der Waals surface area contributed by atoms with E-state index in [9.17, 15) is 9.59 Å². The van der Waals surface area contributed by atoms with Crippen LogP contribution in [0.25, 0.3) is 21.9 Å². The fourth-order valence-corrected chi connectivity index (χ4v) is 2.83. The van der Waals surface area contributed by atoms with Crippen LogP contribution >= 0.6 is 0 Å². The third kappa shape index (κ3) is 4.19. The van der Waals surface area contributed by atoms with Gasteiger partial charge in [0.25, 0.3) is 0 Å². The minimum Gasteiger partial charge on any atom is -0.495 e. The van der Waals surface area contributed by atoms with Crippen molar-refractivity contribution in [2.24, 2.45) is 0 Å². The number of fused-ring (bicyclic) bond motifs is 3. The molecule has 7 heteroatoms. The van der Waals surface area contributed by atoms with E-state index in [0.29, 0.717) is 17.0 Å². The highest BCUT2D eigenvalue weighted by molar-refractivity contribution is 6.08. The van der Waals surface area contributed by atoms with E-state index >= 15 is 0 Å². The van der Waals surface area contributed by atoms with Crippen molar-refractivity contribution in [3.63, 3.8) is 0 Å². The Morgan fingerprint density at radius 3 is 2.50 bits per heavy atom. The Kier molecular flexibility index (Phi) is 5.18. The molecule has 0 saturated heterocycles. The quantitative estimate of drug-likeness (QED) is 0.721. The number of carbonyl (C=O) groups is 2. The third-order valence-electron chi connectivity index (χ3n) is 4.06. The molecule has 148 valence electrons. The maximum Gasteiger partial charge on any atom is 0.410 e. The molecule has 0 aliphatic rings. The number of furan rings is 1. The number of benzene rings is 2. The number of carbonyl (C=O) groups excluding carboxylic acids is 2. The molecule has 0 saturated carbocycles. The molecule has 1 heterocycles. The van der Waals surface area contributed by atoms with E-state index in [1.807, 2.05) is 30.3 Å². The molecule has 7 nitrogen and oxygen atoms in total. The van der Waals surface area contributed by atoms with Gasteiger partial charge < -0.3 is 24.1 Å². The van der Waals surface area contributed by atoms with E-state index in [1.54, 1.807) is 26.8 Å². The normalized spacial score (nSPS) is 11.5. The first-order valence-electron chi connectivity index (χ1n) is 8.91. The first-order valence-corrected chi connectivity index (χ1v) is 8.91. The summed E-state index contributed by atoms with van der Waals surface area (Å²) in [5.74, 6) is 0.134. The van der Waals surface area contributed by atoms with Crippen LogP contribution in [0.2, 0.25) is 0 Å². The molecule has 2 amide bonds. The van der Waals surface area contributed by atoms with Crippen LogP contribution in [0.3, 0.4) is 0 Å². The van der Waals surface area contributed by atoms with Gasteiger partial charge in [-0.3, -0.25) is 4.79 Å². The van der Waals surface area contributed by atoms with Crippen LogP contribution in [0.15, 0.2) is 40.8 Å². The predicted molar refractivity (Wildman–Crippen MR) is 108 cm³/mol. The number of ether oxygens (including phenoxy) is 2. The van der Waals surface area contributed by atoms with Crippen molar-refractivity contribution in [2.45, 2.75) is 26.4 Å². The molecular formula is C21H24N2O5. The fraction of sp³-hybridized carbons (Fsp3) is 0.333. The first kappa shape index (κ1) is 19.5. The summed E-state index contributed by atoms with van der Waals surface area (Å²) in [4.78, 5) is 25.7. The van der Waals surface area contributed by atoms with E-state index in [-0.39, 0.29) is 12.5 Å². The minimum absolute atomic E-state index is 0.157. The van der Waals surface area contributed by atoms with Crippen molar-refractivity contribution in [1.29, 1.82) is 0 Å². The molecule has 0 fully saturated rings. The number of amides is 2. The zero-order chi connectivity index (χ0) is 20.5. The highest BCUT2D eigenvalue weighted by atomic mass is 16.6. The number of nitrogens with one attached hydrogen (secondary N) is 1. The average molecular weight is 384 g/mol. The van der Waals surface area contributed by atoms with Gasteiger partial charge in [-0.05, 0) is 32.9 Å². The lowest BCUT2D eigenvalue weighted by Crippen LogP contribution is -2.38. The Balaban J connectivity index is 1.80. The average Bonchev–Trinajstić information content (AvgIpc) is 2.96. The molecule has 2 aromatic carbocycles. The van der Waals surface area contributed by atoms with Gasteiger partial charge >= 0.3 is 6.09 Å². The van der Waals surface area contributed by atoms with Gasteiger partial charge in [0, 0.05) is 23.9 Å². The van der Waals surface area contributed by atoms with Crippen LogP contribution in [-0.4, -0.2) is 43.2 Å². The predicted octanol–water partition coefficient (Wildman–Crippen LogP) is 4.40. The van der Waals surface area contributed by atoms with E-state index in [2.05, 4.69) is 5.32 Å². The molecule has 1 aromatic heterocycles. The molecule has 0 spiro atoms. The van der Waals surface area contributed by atoms with Crippen LogP contribution < -0.4 is 10.1 Å². The van der Waals surface area contributed by atoms with Gasteiger partial charge in [0.1, 0.15) is 29.1 Å². The highest BCUT2D eigenvalue weighted by Gasteiger charge is 2.22. The number of hydrogen-bond donors (Lipinski definition) is 1. The second kappa shape index (κ2) is 7.42. The number of hydrogen-bond acceptors (Lipinski definition) is 5. The summed E-state index contributed by atoms with van der Waals surface area (Å²) in [7, 11) is 3.04. The summed E-state index contributed by atoms with van der Waals surface area (Å²) in [6, 6.07) is 11.2. The molecule has 0 bridgehead atoms. The summed E-state index contributed by atoms with van der Waals surface area (Å²) in [6.45, 7) is 5.15. The molecule has 1 N–H and O–H groups in total. The first-order chi connectivity index (χ1) is 13.2. The second-order valence-corrected chi connectivity index (χ2v) is 7.53. The Morgan fingerprint density at radius 1 is 1.11 bits per heavy atom. The van der Waals surface area contributed by atoms with E-state index in [0.717, 1.165) is 16.4 Å². The number of rotatable bonds is 4. The van der Waals surface area contributed by atoms with Gasteiger partial charge in [-0.25, -0.2) is 4.79 Å². The topological polar surface area (TPSA) is 81.0 Å². The zero-order valence-electron chi connectivity index (χ0n) is 16.7. The number of para-hydroxylation sites is 1. The Morgan fingerprint density at radius 2 is 1.82 bits per heavy atom. The lowest BCUT2D eigenvalue weighted by Gasteiger charge is -2.24. The summed E-state index contributed by atoms with van der Waals surface area (Å²) in [6.07, 6.45) is -0.567. The monoisotopic (exact) mass is 384 g/mol. The van der Waals surface area contributed by atoms with Crippen molar-refractivity contribution in [2.75, 3.05) is 26.0 Å². The Labute approximate surface area is 163 Å². The second-order valence-electron chi connectivity index (χ2n) is 7.53. The molecule has 3 rings (SSSR count).